The van der Waals surface area contributed by atoms with Crippen LogP contribution in [0.15, 0.2) is 51.8 Å². The number of halogens is 1. The number of carbonyl (C=O) groups is 1. The molecule has 0 aliphatic carbocycles. The summed E-state index contributed by atoms with van der Waals surface area (Å²) in [5, 5.41) is 11.0. The zero-order valence-electron chi connectivity index (χ0n) is 14.6. The molecule has 9 heteroatoms. The van der Waals surface area contributed by atoms with Crippen LogP contribution in [0.4, 0.5) is 6.01 Å². The highest BCUT2D eigenvalue weighted by atomic mass is 35.5. The van der Waals surface area contributed by atoms with Crippen LogP contribution in [0.25, 0.3) is 11.5 Å². The van der Waals surface area contributed by atoms with Crippen molar-refractivity contribution in [1.82, 2.24) is 10.2 Å². The van der Waals surface area contributed by atoms with Gasteiger partial charge in [-0.15, -0.1) is 16.9 Å². The Bertz CT molecular complexity index is 931. The zero-order valence-corrected chi connectivity index (χ0v) is 16.1. The van der Waals surface area contributed by atoms with E-state index in [-0.39, 0.29) is 23.6 Å². The monoisotopic (exact) mass is 405 g/mol. The molecule has 0 saturated heterocycles. The Morgan fingerprint density at radius 2 is 1.85 bits per heavy atom. The van der Waals surface area contributed by atoms with E-state index in [4.69, 9.17) is 25.5 Å². The van der Waals surface area contributed by atoms with Gasteiger partial charge in [0.1, 0.15) is 0 Å². The molecule has 0 aliphatic rings. The van der Waals surface area contributed by atoms with Crippen LogP contribution in [0.5, 0.6) is 11.5 Å². The van der Waals surface area contributed by atoms with Crippen LogP contribution in [0, 0.1) is 0 Å². The van der Waals surface area contributed by atoms with E-state index < -0.39 is 0 Å². The highest BCUT2D eigenvalue weighted by molar-refractivity contribution is 8.00. The molecular weight excluding hydrogens is 390 g/mol. The Morgan fingerprint density at radius 3 is 2.56 bits per heavy atom. The minimum atomic E-state index is -0.252. The maximum atomic E-state index is 12.1. The molecule has 140 valence electrons. The fourth-order valence-electron chi connectivity index (χ4n) is 2.19. The zero-order chi connectivity index (χ0) is 19.2. The summed E-state index contributed by atoms with van der Waals surface area (Å²) in [5.41, 5.74) is 0.649. The first-order valence-corrected chi connectivity index (χ1v) is 9.19. The predicted molar refractivity (Wildman–Crippen MR) is 104 cm³/mol. The van der Waals surface area contributed by atoms with Gasteiger partial charge in [0.25, 0.3) is 0 Å². The van der Waals surface area contributed by atoms with Gasteiger partial charge in [-0.1, -0.05) is 16.7 Å². The van der Waals surface area contributed by atoms with E-state index in [0.29, 0.717) is 22.1 Å². The molecule has 3 rings (SSSR count). The van der Waals surface area contributed by atoms with Crippen molar-refractivity contribution in [3.05, 3.63) is 47.5 Å². The third-order valence-electron chi connectivity index (χ3n) is 3.49. The second-order valence-electron chi connectivity index (χ2n) is 5.27. The van der Waals surface area contributed by atoms with Gasteiger partial charge in [-0.3, -0.25) is 10.1 Å². The van der Waals surface area contributed by atoms with Gasteiger partial charge >= 0.3 is 6.01 Å². The Hall–Kier alpha value is -2.71. The maximum absolute atomic E-state index is 12.1. The second kappa shape index (κ2) is 8.79. The van der Waals surface area contributed by atoms with Crippen LogP contribution in [0.1, 0.15) is 0 Å². The Morgan fingerprint density at radius 1 is 1.11 bits per heavy atom. The molecule has 0 spiro atoms. The van der Waals surface area contributed by atoms with Crippen molar-refractivity contribution in [1.29, 1.82) is 0 Å². The maximum Gasteiger partial charge on any atom is 0.322 e. The van der Waals surface area contributed by atoms with Crippen molar-refractivity contribution < 1.29 is 18.7 Å². The molecule has 3 aromatic rings. The minimum Gasteiger partial charge on any atom is -0.493 e. The minimum absolute atomic E-state index is 0.0292. The standard InChI is InChI=1S/C18H16ClN3O4S/c1-24-14-8-3-11(9-15(14)25-2)17-21-22-18(26-17)20-16(23)10-27-13-6-4-12(19)5-7-13/h3-9H,10H2,1-2H3,(H,20,22,23). The highest BCUT2D eigenvalue weighted by Crippen LogP contribution is 2.32. The lowest BCUT2D eigenvalue weighted by molar-refractivity contribution is -0.113. The second-order valence-corrected chi connectivity index (χ2v) is 6.76. The molecular formula is C18H16ClN3O4S. The number of nitrogens with one attached hydrogen (secondary N) is 1. The number of carbonyl (C=O) groups excluding carboxylic acids is 1. The molecule has 0 unspecified atom stereocenters. The summed E-state index contributed by atoms with van der Waals surface area (Å²) in [4.78, 5) is 13.0. The van der Waals surface area contributed by atoms with Crippen LogP contribution in [0.2, 0.25) is 5.02 Å². The highest BCUT2D eigenvalue weighted by Gasteiger charge is 2.14. The van der Waals surface area contributed by atoms with Crippen LogP contribution in [-0.2, 0) is 4.79 Å². The largest absolute Gasteiger partial charge is 0.493 e. The Labute approximate surface area is 165 Å². The number of anilines is 1. The van der Waals surface area contributed by atoms with Gasteiger partial charge in [-0.05, 0) is 42.5 Å². The van der Waals surface area contributed by atoms with Crippen molar-refractivity contribution in [3.63, 3.8) is 0 Å². The number of hydrogen-bond acceptors (Lipinski definition) is 7. The van der Waals surface area contributed by atoms with Crippen LogP contribution >= 0.6 is 23.4 Å². The van der Waals surface area contributed by atoms with E-state index in [1.165, 1.54) is 11.8 Å². The normalized spacial score (nSPS) is 10.5. The molecule has 1 amide bonds. The number of nitrogens with zero attached hydrogens (tertiary/aromatic N) is 2. The van der Waals surface area contributed by atoms with Gasteiger partial charge in [0, 0.05) is 15.5 Å². The van der Waals surface area contributed by atoms with Crippen molar-refractivity contribution in [2.45, 2.75) is 4.90 Å². The van der Waals surface area contributed by atoms with Crippen molar-refractivity contribution >= 4 is 35.3 Å². The molecule has 1 N–H and O–H groups in total. The molecule has 1 heterocycles. The van der Waals surface area contributed by atoms with E-state index in [1.807, 2.05) is 12.1 Å². The first kappa shape index (κ1) is 19.1. The first-order chi connectivity index (χ1) is 13.1. The van der Waals surface area contributed by atoms with Gasteiger partial charge < -0.3 is 13.9 Å². The van der Waals surface area contributed by atoms with E-state index in [1.54, 1.807) is 44.6 Å². The quantitative estimate of drug-likeness (QED) is 0.591. The van der Waals surface area contributed by atoms with Crippen molar-refractivity contribution in [2.75, 3.05) is 25.3 Å². The molecule has 0 atom stereocenters. The molecule has 0 aliphatic heterocycles. The molecule has 27 heavy (non-hydrogen) atoms. The van der Waals surface area contributed by atoms with Gasteiger partial charge in [0.15, 0.2) is 11.5 Å². The molecule has 7 nitrogen and oxygen atoms in total. The number of aromatic nitrogens is 2. The van der Waals surface area contributed by atoms with E-state index in [9.17, 15) is 4.79 Å². The number of rotatable bonds is 7. The summed E-state index contributed by atoms with van der Waals surface area (Å²) in [7, 11) is 3.10. The predicted octanol–water partition coefficient (Wildman–Crippen LogP) is 4.14. The number of thioether (sulfide) groups is 1. The number of benzene rings is 2. The molecule has 1 aromatic heterocycles. The lowest BCUT2D eigenvalue weighted by atomic mass is 10.2. The van der Waals surface area contributed by atoms with Crippen molar-refractivity contribution in [2.24, 2.45) is 0 Å². The Balaban J connectivity index is 1.62. The first-order valence-electron chi connectivity index (χ1n) is 7.83. The molecule has 2 aromatic carbocycles. The summed E-state index contributed by atoms with van der Waals surface area (Å²) in [6.07, 6.45) is 0. The van der Waals surface area contributed by atoms with E-state index in [2.05, 4.69) is 15.5 Å². The van der Waals surface area contributed by atoms with E-state index >= 15 is 0 Å². The summed E-state index contributed by atoms with van der Waals surface area (Å²) >= 11 is 7.22. The number of methoxy groups -OCH3 is 2. The average Bonchev–Trinajstić information content (AvgIpc) is 3.15. The fraction of sp³-hybridized carbons (Fsp3) is 0.167. The summed E-state index contributed by atoms with van der Waals surface area (Å²) < 4.78 is 16.0. The smallest absolute Gasteiger partial charge is 0.322 e. The molecule has 0 radical (unpaired) electrons. The number of hydrogen-bond donors (Lipinski definition) is 1. The SMILES string of the molecule is COc1ccc(-c2nnc(NC(=O)CSc3ccc(Cl)cc3)o2)cc1OC. The van der Waals surface area contributed by atoms with Gasteiger partial charge in [0.05, 0.1) is 20.0 Å². The van der Waals surface area contributed by atoms with Crippen LogP contribution in [0.3, 0.4) is 0 Å². The third kappa shape index (κ3) is 4.93. The Kier molecular flexibility index (Phi) is 6.20. The van der Waals surface area contributed by atoms with E-state index in [0.717, 1.165) is 4.90 Å². The topological polar surface area (TPSA) is 86.5 Å². The summed E-state index contributed by atoms with van der Waals surface area (Å²) in [5.74, 6) is 1.34. The van der Waals surface area contributed by atoms with Gasteiger partial charge in [0.2, 0.25) is 11.8 Å². The number of amides is 1. The summed E-state index contributed by atoms with van der Waals surface area (Å²) in [6, 6.07) is 12.5. The van der Waals surface area contributed by atoms with Gasteiger partial charge in [-0.25, -0.2) is 0 Å². The lowest BCUT2D eigenvalue weighted by Crippen LogP contribution is -2.14. The summed E-state index contributed by atoms with van der Waals surface area (Å²) in [6.45, 7) is 0. The fourth-order valence-corrected chi connectivity index (χ4v) is 3.02. The molecule has 0 saturated carbocycles. The van der Waals surface area contributed by atoms with Gasteiger partial charge in [-0.2, -0.15) is 0 Å². The molecule has 0 bridgehead atoms. The van der Waals surface area contributed by atoms with Crippen LogP contribution in [-0.4, -0.2) is 36.1 Å². The third-order valence-corrected chi connectivity index (χ3v) is 4.75. The van der Waals surface area contributed by atoms with Crippen LogP contribution < -0.4 is 14.8 Å². The average molecular weight is 406 g/mol. The number of ether oxygens (including phenoxy) is 2. The van der Waals surface area contributed by atoms with Crippen molar-refractivity contribution in [3.8, 4) is 23.0 Å². The lowest BCUT2D eigenvalue weighted by Gasteiger charge is -2.07. The molecule has 0 fully saturated rings.